The summed E-state index contributed by atoms with van der Waals surface area (Å²) < 4.78 is 1.70. The Morgan fingerprint density at radius 2 is 2.07 bits per heavy atom. The number of carbonyl (C=O) groups excluding carboxylic acids is 2. The van der Waals surface area contributed by atoms with E-state index in [9.17, 15) is 9.59 Å². The minimum atomic E-state index is -0.702. The fourth-order valence-corrected chi connectivity index (χ4v) is 1.04. The molecule has 1 aliphatic heterocycles. The van der Waals surface area contributed by atoms with Crippen LogP contribution in [0.3, 0.4) is 0 Å². The zero-order valence-corrected chi connectivity index (χ0v) is 7.89. The third-order valence-electron chi connectivity index (χ3n) is 1.85. The highest BCUT2D eigenvalue weighted by Gasteiger charge is 2.24. The first-order valence-corrected chi connectivity index (χ1v) is 4.16. The molecule has 2 amide bonds. The van der Waals surface area contributed by atoms with Crippen LogP contribution in [0.1, 0.15) is 5.82 Å². The Bertz CT molecular complexity index is 430. The molecule has 1 aliphatic rings. The van der Waals surface area contributed by atoms with Gasteiger partial charge in [-0.3, -0.25) is 20.2 Å². The van der Waals surface area contributed by atoms with E-state index in [1.165, 1.54) is 0 Å². The van der Waals surface area contributed by atoms with Crippen LogP contribution < -0.4 is 10.6 Å². The van der Waals surface area contributed by atoms with Crippen LogP contribution in [-0.4, -0.2) is 32.5 Å². The molecular formula is C7H8N6O2. The number of guanidine groups is 1. The van der Waals surface area contributed by atoms with Crippen molar-refractivity contribution in [2.24, 2.45) is 12.0 Å². The number of aromatic nitrogens is 3. The molecule has 1 aromatic rings. The van der Waals surface area contributed by atoms with E-state index in [0.29, 0.717) is 5.82 Å². The van der Waals surface area contributed by atoms with Crippen molar-refractivity contribution in [1.82, 2.24) is 25.4 Å². The van der Waals surface area contributed by atoms with Gasteiger partial charge in [-0.05, 0) is 0 Å². The normalized spacial score (nSPS) is 15.1. The molecule has 78 valence electrons. The highest BCUT2D eigenvalue weighted by atomic mass is 16.2. The summed E-state index contributed by atoms with van der Waals surface area (Å²) in [7, 11) is 1.78. The van der Waals surface area contributed by atoms with Gasteiger partial charge in [0.15, 0.2) is 5.82 Å². The van der Waals surface area contributed by atoms with Crippen molar-refractivity contribution < 1.29 is 9.59 Å². The van der Waals surface area contributed by atoms with E-state index in [4.69, 9.17) is 0 Å². The molecule has 0 saturated carbocycles. The summed E-state index contributed by atoms with van der Waals surface area (Å²) in [5.41, 5.74) is 0. The molecule has 2 rings (SSSR count). The van der Waals surface area contributed by atoms with Crippen LogP contribution in [0, 0.1) is 0 Å². The fourth-order valence-electron chi connectivity index (χ4n) is 1.04. The average Bonchev–Trinajstić information content (AvgIpc) is 2.72. The molecule has 1 fully saturated rings. The fraction of sp³-hybridized carbons (Fsp3) is 0.286. The van der Waals surface area contributed by atoms with Gasteiger partial charge in [-0.25, -0.2) is 4.99 Å². The second-order valence-electron chi connectivity index (χ2n) is 2.93. The first kappa shape index (κ1) is 9.31. The maximum absolute atomic E-state index is 10.8. The summed E-state index contributed by atoms with van der Waals surface area (Å²) in [6.07, 6.45) is 1.54. The number of nitrogens with zero attached hydrogens (tertiary/aromatic N) is 4. The molecule has 8 nitrogen and oxygen atoms in total. The summed E-state index contributed by atoms with van der Waals surface area (Å²) in [6.45, 7) is 0.242. The monoisotopic (exact) mass is 208 g/mol. The summed E-state index contributed by atoms with van der Waals surface area (Å²) in [5, 5.41) is 12.0. The molecule has 0 spiro atoms. The Kier molecular flexibility index (Phi) is 2.16. The van der Waals surface area contributed by atoms with Crippen molar-refractivity contribution in [2.75, 3.05) is 0 Å². The molecule has 0 aromatic carbocycles. The van der Waals surface area contributed by atoms with Gasteiger partial charge >= 0.3 is 11.8 Å². The molecular weight excluding hydrogens is 200 g/mol. The Labute approximate surface area is 84.4 Å². The lowest BCUT2D eigenvalue weighted by molar-refractivity contribution is -0.135. The number of amides is 2. The van der Waals surface area contributed by atoms with Gasteiger partial charge < -0.3 is 4.57 Å². The van der Waals surface area contributed by atoms with E-state index in [-0.39, 0.29) is 12.5 Å². The Balaban J connectivity index is 2.04. The molecule has 0 atom stereocenters. The summed E-state index contributed by atoms with van der Waals surface area (Å²) in [4.78, 5) is 25.5. The predicted molar refractivity (Wildman–Crippen MR) is 48.4 cm³/mol. The number of nitrogens with one attached hydrogen (secondary N) is 2. The van der Waals surface area contributed by atoms with Gasteiger partial charge in [0.05, 0.1) is 0 Å². The maximum atomic E-state index is 10.8. The van der Waals surface area contributed by atoms with E-state index in [0.717, 1.165) is 0 Å². The second kappa shape index (κ2) is 3.48. The minimum Gasteiger partial charge on any atom is -0.319 e. The summed E-state index contributed by atoms with van der Waals surface area (Å²) >= 11 is 0. The number of carbonyl (C=O) groups is 2. The van der Waals surface area contributed by atoms with Gasteiger partial charge in [0, 0.05) is 7.05 Å². The highest BCUT2D eigenvalue weighted by molar-refractivity contribution is 6.45. The highest BCUT2D eigenvalue weighted by Crippen LogP contribution is 1.94. The van der Waals surface area contributed by atoms with E-state index in [1.807, 2.05) is 0 Å². The lowest BCUT2D eigenvalue weighted by Gasteiger charge is -1.97. The van der Waals surface area contributed by atoms with Crippen molar-refractivity contribution in [3.63, 3.8) is 0 Å². The smallest absolute Gasteiger partial charge is 0.316 e. The van der Waals surface area contributed by atoms with Gasteiger partial charge in [0.2, 0.25) is 5.96 Å². The number of aryl methyl sites for hydroxylation is 1. The Morgan fingerprint density at radius 1 is 1.40 bits per heavy atom. The number of hydrogen-bond donors (Lipinski definition) is 2. The molecule has 1 saturated heterocycles. The summed E-state index contributed by atoms with van der Waals surface area (Å²) in [5.74, 6) is -0.621. The standard InChI is InChI=1S/C7H8N6O2/c1-13-3-9-12-4(13)2-8-7-10-5(14)6(15)11-7/h3H,2H2,1H3,(H2,8,10,11,14,15). The van der Waals surface area contributed by atoms with Crippen molar-refractivity contribution in [3.05, 3.63) is 12.2 Å². The maximum Gasteiger partial charge on any atom is 0.316 e. The Hall–Kier alpha value is -2.25. The zero-order chi connectivity index (χ0) is 10.8. The van der Waals surface area contributed by atoms with E-state index in [1.54, 1.807) is 17.9 Å². The topological polar surface area (TPSA) is 101 Å². The minimum absolute atomic E-state index is 0.146. The molecule has 0 radical (unpaired) electrons. The van der Waals surface area contributed by atoms with Crippen LogP contribution in [0.4, 0.5) is 0 Å². The largest absolute Gasteiger partial charge is 0.319 e. The molecule has 2 heterocycles. The molecule has 0 aliphatic carbocycles. The third-order valence-corrected chi connectivity index (χ3v) is 1.85. The zero-order valence-electron chi connectivity index (χ0n) is 7.89. The Morgan fingerprint density at radius 3 is 2.60 bits per heavy atom. The second-order valence-corrected chi connectivity index (χ2v) is 2.93. The molecule has 0 bridgehead atoms. The van der Waals surface area contributed by atoms with Gasteiger partial charge in [0.25, 0.3) is 0 Å². The molecule has 1 aromatic heterocycles. The lowest BCUT2D eigenvalue weighted by atomic mass is 10.6. The van der Waals surface area contributed by atoms with Crippen LogP contribution in [0.2, 0.25) is 0 Å². The van der Waals surface area contributed by atoms with E-state index in [2.05, 4.69) is 25.8 Å². The van der Waals surface area contributed by atoms with Crippen molar-refractivity contribution in [3.8, 4) is 0 Å². The van der Waals surface area contributed by atoms with Crippen molar-refractivity contribution in [2.45, 2.75) is 6.54 Å². The van der Waals surface area contributed by atoms with Crippen LogP contribution in [-0.2, 0) is 23.2 Å². The van der Waals surface area contributed by atoms with Crippen LogP contribution in [0.25, 0.3) is 0 Å². The molecule has 0 unspecified atom stereocenters. The number of hydrogen-bond acceptors (Lipinski definition) is 5. The lowest BCUT2D eigenvalue weighted by Crippen LogP contribution is -2.25. The van der Waals surface area contributed by atoms with E-state index < -0.39 is 11.8 Å². The summed E-state index contributed by atoms with van der Waals surface area (Å²) in [6, 6.07) is 0. The van der Waals surface area contributed by atoms with Crippen LogP contribution in [0.15, 0.2) is 11.3 Å². The molecule has 2 N–H and O–H groups in total. The van der Waals surface area contributed by atoms with Gasteiger partial charge in [0.1, 0.15) is 12.9 Å². The van der Waals surface area contributed by atoms with Crippen molar-refractivity contribution in [1.29, 1.82) is 0 Å². The predicted octanol–water partition coefficient (Wildman–Crippen LogP) is -2.08. The van der Waals surface area contributed by atoms with Crippen LogP contribution in [0.5, 0.6) is 0 Å². The SMILES string of the molecule is Cn1cnnc1CN=C1NC(=O)C(=O)N1. The van der Waals surface area contributed by atoms with Gasteiger partial charge in [-0.15, -0.1) is 10.2 Å². The van der Waals surface area contributed by atoms with Gasteiger partial charge in [-0.1, -0.05) is 0 Å². The molecule has 8 heteroatoms. The third kappa shape index (κ3) is 1.82. The molecule has 15 heavy (non-hydrogen) atoms. The van der Waals surface area contributed by atoms with E-state index >= 15 is 0 Å². The van der Waals surface area contributed by atoms with Crippen molar-refractivity contribution >= 4 is 17.8 Å². The van der Waals surface area contributed by atoms with Gasteiger partial charge in [-0.2, -0.15) is 0 Å². The van der Waals surface area contributed by atoms with Crippen LogP contribution >= 0.6 is 0 Å². The number of aliphatic imine (C=N–C) groups is 1. The average molecular weight is 208 g/mol. The first-order valence-electron chi connectivity index (χ1n) is 4.16. The number of rotatable bonds is 2. The quantitative estimate of drug-likeness (QED) is 0.544. The first-order chi connectivity index (χ1) is 7.16.